The zero-order valence-electron chi connectivity index (χ0n) is 12.5. The van der Waals surface area contributed by atoms with Gasteiger partial charge in [0.25, 0.3) is 0 Å². The van der Waals surface area contributed by atoms with Gasteiger partial charge in [-0.3, -0.25) is 4.79 Å². The molecule has 1 aromatic rings. The van der Waals surface area contributed by atoms with Crippen LogP contribution in [0.25, 0.3) is 0 Å². The lowest BCUT2D eigenvalue weighted by atomic mass is 9.70. The molecule has 1 heterocycles. The number of likely N-dealkylation sites (tertiary alicyclic amines) is 1. The van der Waals surface area contributed by atoms with Crippen molar-refractivity contribution in [3.63, 3.8) is 0 Å². The Morgan fingerprint density at radius 3 is 2.60 bits per heavy atom. The molecular weight excluding hydrogens is 250 g/mol. The van der Waals surface area contributed by atoms with Gasteiger partial charge in [-0.25, -0.2) is 0 Å². The van der Waals surface area contributed by atoms with Gasteiger partial charge >= 0.3 is 5.97 Å². The van der Waals surface area contributed by atoms with Gasteiger partial charge in [0.2, 0.25) is 0 Å². The van der Waals surface area contributed by atoms with Gasteiger partial charge in [-0.05, 0) is 44.3 Å². The van der Waals surface area contributed by atoms with Crippen LogP contribution in [0, 0.1) is 0 Å². The summed E-state index contributed by atoms with van der Waals surface area (Å²) in [6.45, 7) is 6.30. The molecule has 20 heavy (non-hydrogen) atoms. The summed E-state index contributed by atoms with van der Waals surface area (Å²) in [5.41, 5.74) is 0.258. The maximum atomic E-state index is 12.0. The van der Waals surface area contributed by atoms with Gasteiger partial charge in [-0.1, -0.05) is 44.2 Å². The number of aliphatic carboxylic acids is 1. The number of carbonyl (C=O) groups is 1. The minimum atomic E-state index is -0.702. The van der Waals surface area contributed by atoms with Crippen molar-refractivity contribution < 1.29 is 9.90 Å². The van der Waals surface area contributed by atoms with E-state index in [0.29, 0.717) is 12.5 Å². The van der Waals surface area contributed by atoms with Crippen LogP contribution in [0.15, 0.2) is 30.3 Å². The SMILES string of the molecule is CCCN1CCC(C(=O)O)(c2ccccc2)CC1CC. The number of hydrogen-bond donors (Lipinski definition) is 1. The molecule has 1 aliphatic heterocycles. The Kier molecular flexibility index (Phi) is 4.81. The van der Waals surface area contributed by atoms with Gasteiger partial charge in [0.15, 0.2) is 0 Å². The van der Waals surface area contributed by atoms with Crippen LogP contribution >= 0.6 is 0 Å². The third-order valence-electron chi connectivity index (χ3n) is 4.64. The lowest BCUT2D eigenvalue weighted by molar-refractivity contribution is -0.147. The van der Waals surface area contributed by atoms with Crippen molar-refractivity contribution >= 4 is 5.97 Å². The monoisotopic (exact) mass is 275 g/mol. The molecule has 110 valence electrons. The van der Waals surface area contributed by atoms with Gasteiger partial charge in [0.05, 0.1) is 5.41 Å². The fourth-order valence-electron chi connectivity index (χ4n) is 3.47. The Morgan fingerprint density at radius 2 is 2.05 bits per heavy atom. The molecule has 1 aromatic carbocycles. The summed E-state index contributed by atoms with van der Waals surface area (Å²) >= 11 is 0. The van der Waals surface area contributed by atoms with E-state index in [-0.39, 0.29) is 0 Å². The van der Waals surface area contributed by atoms with Crippen LogP contribution in [-0.4, -0.2) is 35.1 Å². The van der Waals surface area contributed by atoms with E-state index in [1.165, 1.54) is 0 Å². The quantitative estimate of drug-likeness (QED) is 0.896. The first-order valence-electron chi connectivity index (χ1n) is 7.67. The summed E-state index contributed by atoms with van der Waals surface area (Å²) in [5.74, 6) is -0.668. The average molecular weight is 275 g/mol. The lowest BCUT2D eigenvalue weighted by Gasteiger charge is -2.44. The predicted octanol–water partition coefficient (Wildman–Crippen LogP) is 3.29. The third-order valence-corrected chi connectivity index (χ3v) is 4.64. The number of hydrogen-bond acceptors (Lipinski definition) is 2. The first-order chi connectivity index (χ1) is 9.64. The van der Waals surface area contributed by atoms with Gasteiger partial charge in [0, 0.05) is 6.04 Å². The second-order valence-corrected chi connectivity index (χ2v) is 5.81. The van der Waals surface area contributed by atoms with Crippen LogP contribution in [0.3, 0.4) is 0 Å². The predicted molar refractivity (Wildman–Crippen MR) is 80.9 cm³/mol. The van der Waals surface area contributed by atoms with E-state index < -0.39 is 11.4 Å². The van der Waals surface area contributed by atoms with Gasteiger partial charge in [-0.2, -0.15) is 0 Å². The zero-order valence-corrected chi connectivity index (χ0v) is 12.5. The Hall–Kier alpha value is -1.35. The highest BCUT2D eigenvalue weighted by Gasteiger charge is 2.46. The lowest BCUT2D eigenvalue weighted by Crippen LogP contribution is -2.52. The molecule has 1 N–H and O–H groups in total. The molecule has 3 nitrogen and oxygen atoms in total. The molecule has 0 spiro atoms. The van der Waals surface area contributed by atoms with E-state index in [4.69, 9.17) is 0 Å². The van der Waals surface area contributed by atoms with Crippen molar-refractivity contribution in [1.29, 1.82) is 0 Å². The molecule has 0 aromatic heterocycles. The molecular formula is C17H25NO2. The molecule has 0 aliphatic carbocycles. The van der Waals surface area contributed by atoms with Crippen LogP contribution in [0.4, 0.5) is 0 Å². The van der Waals surface area contributed by atoms with Crippen LogP contribution < -0.4 is 0 Å². The van der Waals surface area contributed by atoms with Crippen molar-refractivity contribution in [3.05, 3.63) is 35.9 Å². The third kappa shape index (κ3) is 2.73. The molecule has 0 saturated carbocycles. The van der Waals surface area contributed by atoms with Crippen LogP contribution in [0.5, 0.6) is 0 Å². The summed E-state index contributed by atoms with van der Waals surface area (Å²) in [6.07, 6.45) is 3.58. The van der Waals surface area contributed by atoms with Gasteiger partial charge in [-0.15, -0.1) is 0 Å². The number of rotatable bonds is 5. The second-order valence-electron chi connectivity index (χ2n) is 5.81. The highest BCUT2D eigenvalue weighted by molar-refractivity contribution is 5.81. The minimum Gasteiger partial charge on any atom is -0.481 e. The summed E-state index contributed by atoms with van der Waals surface area (Å²) in [5, 5.41) is 9.85. The van der Waals surface area contributed by atoms with E-state index in [2.05, 4.69) is 18.7 Å². The summed E-state index contributed by atoms with van der Waals surface area (Å²) in [6, 6.07) is 10.1. The summed E-state index contributed by atoms with van der Waals surface area (Å²) in [4.78, 5) is 14.4. The maximum absolute atomic E-state index is 12.0. The first-order valence-corrected chi connectivity index (χ1v) is 7.67. The standard InChI is InChI=1S/C17H25NO2/c1-3-11-18-12-10-17(16(19)20,13-15(18)4-2)14-8-6-5-7-9-14/h5-9,15H,3-4,10-13H2,1-2H3,(H,19,20). The summed E-state index contributed by atoms with van der Waals surface area (Å²) < 4.78 is 0. The molecule has 0 radical (unpaired) electrons. The highest BCUT2D eigenvalue weighted by atomic mass is 16.4. The smallest absolute Gasteiger partial charge is 0.314 e. The van der Waals surface area contributed by atoms with Gasteiger partial charge < -0.3 is 10.0 Å². The number of carboxylic acids is 1. The molecule has 1 fully saturated rings. The van der Waals surface area contributed by atoms with Crippen LogP contribution in [-0.2, 0) is 10.2 Å². The molecule has 0 bridgehead atoms. The zero-order chi connectivity index (χ0) is 14.6. The molecule has 1 aliphatic rings. The fourth-order valence-corrected chi connectivity index (χ4v) is 3.47. The Labute approximate surface area is 121 Å². The van der Waals surface area contributed by atoms with Crippen LogP contribution in [0.2, 0.25) is 0 Å². The molecule has 1 saturated heterocycles. The molecule has 3 heteroatoms. The van der Waals surface area contributed by atoms with E-state index in [1.54, 1.807) is 0 Å². The average Bonchev–Trinajstić information content (AvgIpc) is 2.48. The first kappa shape index (κ1) is 15.0. The summed E-state index contributed by atoms with van der Waals surface area (Å²) in [7, 11) is 0. The number of piperidine rings is 1. The molecule has 0 amide bonds. The highest BCUT2D eigenvalue weighted by Crippen LogP contribution is 2.39. The van der Waals surface area contributed by atoms with Crippen molar-refractivity contribution in [3.8, 4) is 0 Å². The van der Waals surface area contributed by atoms with E-state index in [9.17, 15) is 9.90 Å². The molecule has 2 rings (SSSR count). The Morgan fingerprint density at radius 1 is 1.35 bits per heavy atom. The number of nitrogens with zero attached hydrogens (tertiary/aromatic N) is 1. The van der Waals surface area contributed by atoms with E-state index in [1.807, 2.05) is 30.3 Å². The van der Waals surface area contributed by atoms with Crippen LogP contribution in [0.1, 0.15) is 45.1 Å². The maximum Gasteiger partial charge on any atom is 0.314 e. The topological polar surface area (TPSA) is 40.5 Å². The normalized spacial score (nSPS) is 27.4. The molecule has 2 unspecified atom stereocenters. The fraction of sp³-hybridized carbons (Fsp3) is 0.588. The number of carboxylic acid groups (broad SMARTS) is 1. The van der Waals surface area contributed by atoms with Crippen molar-refractivity contribution in [2.24, 2.45) is 0 Å². The Balaban J connectivity index is 2.30. The largest absolute Gasteiger partial charge is 0.481 e. The van der Waals surface area contributed by atoms with Crippen molar-refractivity contribution in [2.75, 3.05) is 13.1 Å². The van der Waals surface area contributed by atoms with Crippen molar-refractivity contribution in [1.82, 2.24) is 4.90 Å². The minimum absolute atomic E-state index is 0.375. The second kappa shape index (κ2) is 6.40. The van der Waals surface area contributed by atoms with E-state index in [0.717, 1.165) is 37.9 Å². The van der Waals surface area contributed by atoms with E-state index >= 15 is 0 Å². The van der Waals surface area contributed by atoms with Gasteiger partial charge in [0.1, 0.15) is 0 Å². The molecule has 2 atom stereocenters. The van der Waals surface area contributed by atoms with Crippen molar-refractivity contribution in [2.45, 2.75) is 51.0 Å². The Bertz CT molecular complexity index is 446. The number of benzene rings is 1.